The van der Waals surface area contributed by atoms with Crippen molar-refractivity contribution in [3.63, 3.8) is 0 Å². The van der Waals surface area contributed by atoms with E-state index in [4.69, 9.17) is 15.2 Å². The summed E-state index contributed by atoms with van der Waals surface area (Å²) in [5, 5.41) is 0. The Morgan fingerprint density at radius 2 is 1.85 bits per heavy atom. The first-order valence-corrected chi connectivity index (χ1v) is 6.62. The number of benzene rings is 1. The van der Waals surface area contributed by atoms with Gasteiger partial charge in [-0.05, 0) is 23.6 Å². The minimum Gasteiger partial charge on any atom is -0.493 e. The zero-order valence-electron chi connectivity index (χ0n) is 12.8. The predicted octanol–water partition coefficient (Wildman–Crippen LogP) is 1.65. The minimum atomic E-state index is -0.472. The molecule has 1 atom stereocenters. The largest absolute Gasteiger partial charge is 0.493 e. The average Bonchev–Trinajstić information content (AvgIpc) is 2.45. The van der Waals surface area contributed by atoms with Gasteiger partial charge in [0.2, 0.25) is 5.91 Å². The summed E-state index contributed by atoms with van der Waals surface area (Å²) in [5.74, 6) is 1.38. The summed E-state index contributed by atoms with van der Waals surface area (Å²) in [4.78, 5) is 13.7. The van der Waals surface area contributed by atoms with Gasteiger partial charge in [-0.2, -0.15) is 0 Å². The van der Waals surface area contributed by atoms with Crippen molar-refractivity contribution in [1.82, 2.24) is 4.90 Å². The lowest BCUT2D eigenvalue weighted by Gasteiger charge is -2.23. The van der Waals surface area contributed by atoms with Crippen LogP contribution in [0.2, 0.25) is 0 Å². The molecule has 0 aromatic heterocycles. The Morgan fingerprint density at radius 1 is 1.25 bits per heavy atom. The van der Waals surface area contributed by atoms with Crippen LogP contribution < -0.4 is 15.2 Å². The summed E-state index contributed by atoms with van der Waals surface area (Å²) >= 11 is 0. The standard InChI is InChI=1S/C15H24N2O3/c1-10(2)14(16)15(18)17(3)9-11-6-7-12(19-4)13(8-11)20-5/h6-8,10,14H,9,16H2,1-5H3/t14-/m1/s1. The molecule has 0 heterocycles. The second-order valence-electron chi connectivity index (χ2n) is 5.15. The predicted molar refractivity (Wildman–Crippen MR) is 78.8 cm³/mol. The van der Waals surface area contributed by atoms with Crippen LogP contribution in [0.1, 0.15) is 19.4 Å². The maximum Gasteiger partial charge on any atom is 0.239 e. The number of carbonyl (C=O) groups is 1. The Kier molecular flexibility index (Phi) is 5.82. The van der Waals surface area contributed by atoms with Gasteiger partial charge < -0.3 is 20.1 Å². The molecule has 112 valence electrons. The zero-order valence-corrected chi connectivity index (χ0v) is 12.8. The van der Waals surface area contributed by atoms with Gasteiger partial charge >= 0.3 is 0 Å². The van der Waals surface area contributed by atoms with Gasteiger partial charge in [-0.25, -0.2) is 0 Å². The fourth-order valence-electron chi connectivity index (χ4n) is 1.87. The van der Waals surface area contributed by atoms with E-state index in [0.717, 1.165) is 5.56 Å². The Hall–Kier alpha value is -1.75. The molecule has 0 unspecified atom stereocenters. The highest BCUT2D eigenvalue weighted by molar-refractivity contribution is 5.81. The number of methoxy groups -OCH3 is 2. The molecule has 1 rings (SSSR count). The third-order valence-corrected chi connectivity index (χ3v) is 3.25. The molecule has 0 radical (unpaired) electrons. The highest BCUT2D eigenvalue weighted by atomic mass is 16.5. The van der Waals surface area contributed by atoms with Crippen molar-refractivity contribution in [3.8, 4) is 11.5 Å². The van der Waals surface area contributed by atoms with Crippen LogP contribution in [0.15, 0.2) is 18.2 Å². The molecule has 1 aromatic rings. The molecule has 0 aliphatic rings. The van der Waals surface area contributed by atoms with Gasteiger partial charge in [0.1, 0.15) is 0 Å². The highest BCUT2D eigenvalue weighted by Crippen LogP contribution is 2.27. The summed E-state index contributed by atoms with van der Waals surface area (Å²) in [5.41, 5.74) is 6.85. The van der Waals surface area contributed by atoms with E-state index < -0.39 is 6.04 Å². The van der Waals surface area contributed by atoms with Gasteiger partial charge in [0.15, 0.2) is 11.5 Å². The first-order valence-electron chi connectivity index (χ1n) is 6.62. The van der Waals surface area contributed by atoms with Gasteiger partial charge in [-0.3, -0.25) is 4.79 Å². The van der Waals surface area contributed by atoms with E-state index >= 15 is 0 Å². The minimum absolute atomic E-state index is 0.0604. The molecule has 0 fully saturated rings. The average molecular weight is 280 g/mol. The first kappa shape index (κ1) is 16.3. The van der Waals surface area contributed by atoms with Crippen LogP contribution in [-0.4, -0.2) is 38.1 Å². The van der Waals surface area contributed by atoms with E-state index in [-0.39, 0.29) is 11.8 Å². The fraction of sp³-hybridized carbons (Fsp3) is 0.533. The normalized spacial score (nSPS) is 12.2. The summed E-state index contributed by atoms with van der Waals surface area (Å²) in [7, 11) is 4.93. The summed E-state index contributed by atoms with van der Waals surface area (Å²) in [6.07, 6.45) is 0. The van der Waals surface area contributed by atoms with E-state index in [1.54, 1.807) is 26.2 Å². The van der Waals surface area contributed by atoms with Crippen LogP contribution >= 0.6 is 0 Å². The SMILES string of the molecule is COc1ccc(CN(C)C(=O)[C@H](N)C(C)C)cc1OC. The van der Waals surface area contributed by atoms with E-state index in [2.05, 4.69) is 0 Å². The van der Waals surface area contributed by atoms with Gasteiger partial charge in [0.25, 0.3) is 0 Å². The molecule has 20 heavy (non-hydrogen) atoms. The Balaban J connectivity index is 2.80. The number of rotatable bonds is 6. The van der Waals surface area contributed by atoms with Crippen molar-refractivity contribution < 1.29 is 14.3 Å². The Labute approximate surface area is 120 Å². The van der Waals surface area contributed by atoms with Crippen molar-refractivity contribution in [2.75, 3.05) is 21.3 Å². The molecule has 2 N–H and O–H groups in total. The maximum absolute atomic E-state index is 12.1. The monoisotopic (exact) mass is 280 g/mol. The molecular formula is C15H24N2O3. The van der Waals surface area contributed by atoms with E-state index in [9.17, 15) is 4.79 Å². The highest BCUT2D eigenvalue weighted by Gasteiger charge is 2.21. The van der Waals surface area contributed by atoms with Gasteiger partial charge in [-0.15, -0.1) is 0 Å². The molecule has 5 heteroatoms. The number of hydrogen-bond acceptors (Lipinski definition) is 4. The van der Waals surface area contributed by atoms with Gasteiger partial charge in [0.05, 0.1) is 20.3 Å². The number of ether oxygens (including phenoxy) is 2. The smallest absolute Gasteiger partial charge is 0.239 e. The molecule has 5 nitrogen and oxygen atoms in total. The molecule has 1 aromatic carbocycles. The van der Waals surface area contributed by atoms with E-state index in [1.807, 2.05) is 32.0 Å². The van der Waals surface area contributed by atoms with Crippen molar-refractivity contribution in [1.29, 1.82) is 0 Å². The summed E-state index contributed by atoms with van der Waals surface area (Å²) in [6.45, 7) is 4.36. The molecule has 0 aliphatic heterocycles. The van der Waals surface area contributed by atoms with E-state index in [1.165, 1.54) is 0 Å². The molecule has 0 spiro atoms. The van der Waals surface area contributed by atoms with Crippen LogP contribution in [0.25, 0.3) is 0 Å². The Morgan fingerprint density at radius 3 is 2.35 bits per heavy atom. The Bertz CT molecular complexity index is 460. The lowest BCUT2D eigenvalue weighted by atomic mass is 10.0. The van der Waals surface area contributed by atoms with Crippen molar-refractivity contribution >= 4 is 5.91 Å². The summed E-state index contributed by atoms with van der Waals surface area (Å²) in [6, 6.07) is 5.13. The molecule has 0 saturated carbocycles. The van der Waals surface area contributed by atoms with Crippen LogP contribution in [0, 0.1) is 5.92 Å². The lowest BCUT2D eigenvalue weighted by Crippen LogP contribution is -2.44. The van der Waals surface area contributed by atoms with Crippen LogP contribution in [0.5, 0.6) is 11.5 Å². The molecule has 0 saturated heterocycles. The van der Waals surface area contributed by atoms with Crippen LogP contribution in [0.4, 0.5) is 0 Å². The first-order chi connectivity index (χ1) is 9.40. The summed E-state index contributed by atoms with van der Waals surface area (Å²) < 4.78 is 10.4. The number of nitrogens with two attached hydrogens (primary N) is 1. The van der Waals surface area contributed by atoms with Crippen molar-refractivity contribution in [2.24, 2.45) is 11.7 Å². The van der Waals surface area contributed by atoms with Crippen LogP contribution in [0.3, 0.4) is 0 Å². The van der Waals surface area contributed by atoms with Crippen LogP contribution in [-0.2, 0) is 11.3 Å². The topological polar surface area (TPSA) is 64.8 Å². The molecule has 0 bridgehead atoms. The quantitative estimate of drug-likeness (QED) is 0.860. The molecular weight excluding hydrogens is 256 g/mol. The van der Waals surface area contributed by atoms with Gasteiger partial charge in [0, 0.05) is 13.6 Å². The van der Waals surface area contributed by atoms with Crippen molar-refractivity contribution in [3.05, 3.63) is 23.8 Å². The van der Waals surface area contributed by atoms with Gasteiger partial charge in [-0.1, -0.05) is 19.9 Å². The second-order valence-corrected chi connectivity index (χ2v) is 5.15. The third kappa shape index (κ3) is 3.87. The fourth-order valence-corrected chi connectivity index (χ4v) is 1.87. The third-order valence-electron chi connectivity index (χ3n) is 3.25. The second kappa shape index (κ2) is 7.14. The van der Waals surface area contributed by atoms with E-state index in [0.29, 0.717) is 18.0 Å². The number of amides is 1. The zero-order chi connectivity index (χ0) is 15.3. The number of carbonyl (C=O) groups excluding carboxylic acids is 1. The molecule has 0 aliphatic carbocycles. The van der Waals surface area contributed by atoms with Crippen molar-refractivity contribution in [2.45, 2.75) is 26.4 Å². The number of hydrogen-bond donors (Lipinski definition) is 1. The number of nitrogens with zero attached hydrogens (tertiary/aromatic N) is 1. The number of likely N-dealkylation sites (N-methyl/N-ethyl adjacent to an activating group) is 1. The lowest BCUT2D eigenvalue weighted by molar-refractivity contribution is -0.132. The molecule has 1 amide bonds. The maximum atomic E-state index is 12.1.